The molecule has 1 aliphatic heterocycles. The molecule has 0 spiro atoms. The van der Waals surface area contributed by atoms with Crippen molar-refractivity contribution in [2.24, 2.45) is 0 Å². The second-order valence-electron chi connectivity index (χ2n) is 7.28. The topological polar surface area (TPSA) is 54.9 Å². The molecule has 0 radical (unpaired) electrons. The van der Waals surface area contributed by atoms with Gasteiger partial charge in [-0.05, 0) is 50.9 Å². The first-order valence-corrected chi connectivity index (χ1v) is 9.58. The quantitative estimate of drug-likeness (QED) is 0.736. The highest BCUT2D eigenvalue weighted by Crippen LogP contribution is 2.35. The van der Waals surface area contributed by atoms with E-state index in [2.05, 4.69) is 9.29 Å². The Hall–Kier alpha value is -2.06. The first-order chi connectivity index (χ1) is 12.8. The number of halogens is 1. The van der Waals surface area contributed by atoms with E-state index in [-0.39, 0.29) is 17.8 Å². The zero-order chi connectivity index (χ0) is 19.6. The first-order valence-electron chi connectivity index (χ1n) is 8.80. The van der Waals surface area contributed by atoms with Crippen LogP contribution in [0, 0.1) is 5.82 Å². The van der Waals surface area contributed by atoms with Crippen molar-refractivity contribution < 1.29 is 18.7 Å². The van der Waals surface area contributed by atoms with Gasteiger partial charge in [-0.15, -0.1) is 0 Å². The highest BCUT2D eigenvalue weighted by Gasteiger charge is 2.26. The van der Waals surface area contributed by atoms with Gasteiger partial charge in [0.05, 0.1) is 12.5 Å². The van der Waals surface area contributed by atoms with Gasteiger partial charge < -0.3 is 14.4 Å². The molecule has 1 saturated heterocycles. The van der Waals surface area contributed by atoms with E-state index in [1.807, 2.05) is 20.8 Å². The number of methoxy groups -OCH3 is 1. The molecule has 2 heterocycles. The van der Waals surface area contributed by atoms with Crippen LogP contribution >= 0.6 is 11.9 Å². The number of pyridine rings is 1. The Morgan fingerprint density at radius 2 is 1.89 bits per heavy atom. The maximum absolute atomic E-state index is 14.3. The van der Waals surface area contributed by atoms with Crippen molar-refractivity contribution in [3.05, 3.63) is 30.2 Å². The van der Waals surface area contributed by atoms with Crippen LogP contribution in [-0.4, -0.2) is 59.2 Å². The molecular weight excluding hydrogens is 369 g/mol. The predicted molar refractivity (Wildman–Crippen MR) is 103 cm³/mol. The van der Waals surface area contributed by atoms with E-state index in [1.54, 1.807) is 35.2 Å². The Labute approximate surface area is 162 Å². The van der Waals surface area contributed by atoms with Crippen LogP contribution in [0.15, 0.2) is 29.3 Å². The SMILES string of the molecule is COc1nccc2c(SN3CCN(C(=O)OC(C)(C)C)CC3)ccc(F)c12. The van der Waals surface area contributed by atoms with Gasteiger partial charge >= 0.3 is 6.09 Å². The number of rotatable bonds is 3. The number of aromatic nitrogens is 1. The number of amides is 1. The highest BCUT2D eigenvalue weighted by molar-refractivity contribution is 7.97. The van der Waals surface area contributed by atoms with E-state index < -0.39 is 5.60 Å². The molecule has 1 aliphatic rings. The maximum atomic E-state index is 14.3. The van der Waals surface area contributed by atoms with Crippen LogP contribution in [0.3, 0.4) is 0 Å². The number of fused-ring (bicyclic) bond motifs is 1. The number of benzene rings is 1. The minimum Gasteiger partial charge on any atom is -0.480 e. The molecule has 8 heteroatoms. The monoisotopic (exact) mass is 393 g/mol. The number of ether oxygens (including phenoxy) is 2. The third-order valence-corrected chi connectivity index (χ3v) is 5.29. The molecule has 2 aromatic rings. The largest absolute Gasteiger partial charge is 0.480 e. The minimum atomic E-state index is -0.497. The van der Waals surface area contributed by atoms with Crippen molar-refractivity contribution in [1.82, 2.24) is 14.2 Å². The van der Waals surface area contributed by atoms with Gasteiger partial charge in [-0.25, -0.2) is 18.5 Å². The zero-order valence-corrected chi connectivity index (χ0v) is 16.8. The van der Waals surface area contributed by atoms with Gasteiger partial charge in [0.1, 0.15) is 11.4 Å². The van der Waals surface area contributed by atoms with Crippen LogP contribution in [0.25, 0.3) is 10.8 Å². The number of carbonyl (C=O) groups excluding carboxylic acids is 1. The molecule has 1 aromatic carbocycles. The van der Waals surface area contributed by atoms with Crippen molar-refractivity contribution in [3.8, 4) is 5.88 Å². The van der Waals surface area contributed by atoms with Crippen LogP contribution < -0.4 is 4.74 Å². The fraction of sp³-hybridized carbons (Fsp3) is 0.474. The van der Waals surface area contributed by atoms with Crippen LogP contribution in [0.4, 0.5) is 9.18 Å². The highest BCUT2D eigenvalue weighted by atomic mass is 32.2. The number of nitrogens with zero attached hydrogens (tertiary/aromatic N) is 3. The Kier molecular flexibility index (Phi) is 5.76. The first kappa shape index (κ1) is 19.7. The fourth-order valence-electron chi connectivity index (χ4n) is 2.86. The number of carbonyl (C=O) groups is 1. The maximum Gasteiger partial charge on any atom is 0.410 e. The lowest BCUT2D eigenvalue weighted by Crippen LogP contribution is -2.47. The van der Waals surface area contributed by atoms with Crippen LogP contribution in [-0.2, 0) is 4.74 Å². The van der Waals surface area contributed by atoms with Gasteiger partial charge in [-0.3, -0.25) is 0 Å². The number of hydrogen-bond donors (Lipinski definition) is 0. The van der Waals surface area contributed by atoms with Crippen LogP contribution in [0.2, 0.25) is 0 Å². The van der Waals surface area contributed by atoms with E-state index in [1.165, 1.54) is 13.2 Å². The van der Waals surface area contributed by atoms with Crippen molar-refractivity contribution >= 4 is 28.8 Å². The van der Waals surface area contributed by atoms with Crippen molar-refractivity contribution in [2.45, 2.75) is 31.3 Å². The van der Waals surface area contributed by atoms with Gasteiger partial charge in [0.2, 0.25) is 5.88 Å². The lowest BCUT2D eigenvalue weighted by Gasteiger charge is -2.35. The molecule has 0 unspecified atom stereocenters. The third kappa shape index (κ3) is 4.62. The average molecular weight is 393 g/mol. The van der Waals surface area contributed by atoms with Crippen LogP contribution in [0.5, 0.6) is 5.88 Å². The van der Waals surface area contributed by atoms with Gasteiger partial charge in [-0.2, -0.15) is 0 Å². The summed E-state index contributed by atoms with van der Waals surface area (Å²) in [5, 5.41) is 1.15. The Bertz CT molecular complexity index is 833. The second-order valence-corrected chi connectivity index (χ2v) is 8.41. The summed E-state index contributed by atoms with van der Waals surface area (Å²) in [5.74, 6) is -0.0729. The Morgan fingerprint density at radius 1 is 1.19 bits per heavy atom. The van der Waals surface area contributed by atoms with Crippen molar-refractivity contribution in [1.29, 1.82) is 0 Å². The molecule has 1 aromatic heterocycles. The Morgan fingerprint density at radius 3 is 2.52 bits per heavy atom. The molecule has 0 N–H and O–H groups in total. The average Bonchev–Trinajstić information content (AvgIpc) is 2.62. The van der Waals surface area contributed by atoms with Crippen LogP contribution in [0.1, 0.15) is 20.8 Å². The number of piperazine rings is 1. The summed E-state index contributed by atoms with van der Waals surface area (Å²) < 4.78 is 27.1. The van der Waals surface area contributed by atoms with Gasteiger partial charge in [0, 0.05) is 42.7 Å². The fourth-order valence-corrected chi connectivity index (χ4v) is 3.88. The normalized spacial score (nSPS) is 15.8. The predicted octanol–water partition coefficient (Wildman–Crippen LogP) is 3.94. The summed E-state index contributed by atoms with van der Waals surface area (Å²) in [4.78, 5) is 18.9. The molecule has 1 fully saturated rings. The summed E-state index contributed by atoms with van der Waals surface area (Å²) in [5.41, 5.74) is -0.497. The lowest BCUT2D eigenvalue weighted by atomic mass is 10.1. The molecule has 27 heavy (non-hydrogen) atoms. The minimum absolute atomic E-state index is 0.280. The molecule has 1 amide bonds. The Balaban J connectivity index is 1.69. The van der Waals surface area contributed by atoms with E-state index in [4.69, 9.17) is 9.47 Å². The number of hydrogen-bond acceptors (Lipinski definition) is 6. The summed E-state index contributed by atoms with van der Waals surface area (Å²) in [7, 11) is 1.48. The molecule has 0 atom stereocenters. The summed E-state index contributed by atoms with van der Waals surface area (Å²) >= 11 is 1.55. The zero-order valence-electron chi connectivity index (χ0n) is 16.0. The van der Waals surface area contributed by atoms with Crippen molar-refractivity contribution in [2.75, 3.05) is 33.3 Å². The molecule has 146 valence electrons. The molecule has 6 nitrogen and oxygen atoms in total. The van der Waals surface area contributed by atoms with Gasteiger partial charge in [-0.1, -0.05) is 0 Å². The molecule has 0 saturated carbocycles. The molecular formula is C19H24FN3O3S. The standard InChI is InChI=1S/C19H24FN3O3S/c1-19(2,3)26-18(24)22-9-11-23(12-10-22)27-15-6-5-14(20)16-13(15)7-8-21-17(16)25-4/h5-8H,9-12H2,1-4H3. The van der Waals surface area contributed by atoms with Crippen molar-refractivity contribution in [3.63, 3.8) is 0 Å². The third-order valence-electron chi connectivity index (χ3n) is 4.11. The molecule has 0 bridgehead atoms. The lowest BCUT2D eigenvalue weighted by molar-refractivity contribution is 0.0197. The summed E-state index contributed by atoms with van der Waals surface area (Å²) in [6.07, 6.45) is 1.33. The van der Waals surface area contributed by atoms with Gasteiger partial charge in [0.25, 0.3) is 0 Å². The van der Waals surface area contributed by atoms with E-state index in [0.29, 0.717) is 31.6 Å². The van der Waals surface area contributed by atoms with E-state index >= 15 is 0 Å². The second kappa shape index (κ2) is 7.90. The smallest absolute Gasteiger partial charge is 0.410 e. The summed E-state index contributed by atoms with van der Waals surface area (Å²) in [6, 6.07) is 4.99. The molecule has 3 rings (SSSR count). The van der Waals surface area contributed by atoms with E-state index in [9.17, 15) is 9.18 Å². The van der Waals surface area contributed by atoms with Gasteiger partial charge in [0.15, 0.2) is 0 Å². The molecule has 0 aliphatic carbocycles. The summed E-state index contributed by atoms with van der Waals surface area (Å²) in [6.45, 7) is 8.16. The van der Waals surface area contributed by atoms with E-state index in [0.717, 1.165) is 10.3 Å².